The minimum absolute atomic E-state index is 0.122. The molecule has 0 saturated carbocycles. The molecule has 0 radical (unpaired) electrons. The van der Waals surface area contributed by atoms with E-state index >= 15 is 0 Å². The maximum Gasteiger partial charge on any atom is 0.164 e. The van der Waals surface area contributed by atoms with E-state index < -0.39 is 5.41 Å². The quantitative estimate of drug-likeness (QED) is 0.167. The molecule has 10 aromatic rings. The van der Waals surface area contributed by atoms with Crippen LogP contribution in [-0.4, -0.2) is 15.0 Å². The summed E-state index contributed by atoms with van der Waals surface area (Å²) in [6.45, 7) is 4.71. The number of benzene rings is 9. The van der Waals surface area contributed by atoms with Crippen molar-refractivity contribution in [2.24, 2.45) is 0 Å². The van der Waals surface area contributed by atoms with Gasteiger partial charge >= 0.3 is 0 Å². The summed E-state index contributed by atoms with van der Waals surface area (Å²) >= 11 is 0. The van der Waals surface area contributed by atoms with Crippen molar-refractivity contribution >= 4 is 17.1 Å². The molecule has 4 heteroatoms. The van der Waals surface area contributed by atoms with Crippen LogP contribution in [0.2, 0.25) is 0 Å². The predicted molar refractivity (Wildman–Crippen MR) is 265 cm³/mol. The van der Waals surface area contributed by atoms with E-state index in [0.717, 1.165) is 33.8 Å². The van der Waals surface area contributed by atoms with Gasteiger partial charge in [0.05, 0.1) is 5.41 Å². The van der Waals surface area contributed by atoms with Gasteiger partial charge in [0.2, 0.25) is 0 Å². The van der Waals surface area contributed by atoms with Gasteiger partial charge in [0, 0.05) is 39.2 Å². The Balaban J connectivity index is 1.01. The van der Waals surface area contributed by atoms with Crippen LogP contribution in [0, 0.1) is 0 Å². The number of hydrogen-bond acceptors (Lipinski definition) is 4. The van der Waals surface area contributed by atoms with Crippen LogP contribution in [0.3, 0.4) is 0 Å². The molecule has 0 fully saturated rings. The highest BCUT2D eigenvalue weighted by Crippen LogP contribution is 2.64. The number of aromatic nitrogens is 3. The molecule has 1 aromatic heterocycles. The van der Waals surface area contributed by atoms with Gasteiger partial charge < -0.3 is 4.90 Å². The minimum Gasteiger partial charge on any atom is -0.310 e. The highest BCUT2D eigenvalue weighted by molar-refractivity contribution is 5.97. The van der Waals surface area contributed by atoms with Gasteiger partial charge in [-0.15, -0.1) is 0 Å². The Morgan fingerprint density at radius 2 is 0.723 bits per heavy atom. The topological polar surface area (TPSA) is 41.9 Å². The standard InChI is InChI=1S/C61H42N4/c1-60(2)51-27-15-12-24-45(51)48-34-31-44(38-55(48)60)65(42-22-10-5-11-23-42)43-32-35-54-50(37-43)47-26-14-17-29-53(47)61(54)52-28-16-13-25-46(52)49-33-30-41(36-56(49)61)59-63-57(39-18-6-3-7-19-39)62-58(64-59)40-20-8-4-9-21-40/h3-38H,1-2H3. The van der Waals surface area contributed by atoms with Crippen molar-refractivity contribution in [3.8, 4) is 67.5 Å². The molecule has 0 amide bonds. The maximum absolute atomic E-state index is 5.18. The van der Waals surface area contributed by atoms with Gasteiger partial charge in [0.15, 0.2) is 17.5 Å². The summed E-state index contributed by atoms with van der Waals surface area (Å²) in [4.78, 5) is 17.8. The zero-order valence-electron chi connectivity index (χ0n) is 36.1. The van der Waals surface area contributed by atoms with E-state index in [4.69, 9.17) is 15.0 Å². The molecule has 0 aliphatic heterocycles. The molecule has 0 saturated heterocycles. The molecule has 65 heavy (non-hydrogen) atoms. The van der Waals surface area contributed by atoms with E-state index in [1.54, 1.807) is 0 Å². The van der Waals surface area contributed by atoms with E-state index in [9.17, 15) is 0 Å². The third kappa shape index (κ3) is 5.47. The number of rotatable bonds is 6. The first-order chi connectivity index (χ1) is 32.0. The largest absolute Gasteiger partial charge is 0.310 e. The molecule has 9 aromatic carbocycles. The Bertz CT molecular complexity index is 3470. The van der Waals surface area contributed by atoms with Gasteiger partial charge in [0.25, 0.3) is 0 Å². The molecule has 3 aliphatic carbocycles. The summed E-state index contributed by atoms with van der Waals surface area (Å²) in [6, 6.07) is 79.1. The summed E-state index contributed by atoms with van der Waals surface area (Å²) in [5.41, 5.74) is 20.9. The average Bonchev–Trinajstić information content (AvgIpc) is 3.92. The summed E-state index contributed by atoms with van der Waals surface area (Å²) in [6.07, 6.45) is 0. The third-order valence-corrected chi connectivity index (χ3v) is 14.1. The number of para-hydroxylation sites is 1. The van der Waals surface area contributed by atoms with Gasteiger partial charge in [-0.3, -0.25) is 0 Å². The van der Waals surface area contributed by atoms with Crippen molar-refractivity contribution in [3.05, 3.63) is 252 Å². The van der Waals surface area contributed by atoms with Gasteiger partial charge in [-0.05, 0) is 109 Å². The second kappa shape index (κ2) is 14.2. The monoisotopic (exact) mass is 830 g/mol. The first-order valence-corrected chi connectivity index (χ1v) is 22.4. The van der Waals surface area contributed by atoms with E-state index in [1.807, 2.05) is 36.4 Å². The summed E-state index contributed by atoms with van der Waals surface area (Å²) < 4.78 is 0. The van der Waals surface area contributed by atoms with Crippen LogP contribution in [0.25, 0.3) is 67.5 Å². The molecule has 0 N–H and O–H groups in total. The van der Waals surface area contributed by atoms with Crippen molar-refractivity contribution in [2.45, 2.75) is 24.7 Å². The van der Waals surface area contributed by atoms with Crippen molar-refractivity contribution in [1.82, 2.24) is 15.0 Å². The molecule has 1 atom stereocenters. The first kappa shape index (κ1) is 37.4. The lowest BCUT2D eigenvalue weighted by Gasteiger charge is -2.31. The van der Waals surface area contributed by atoms with Crippen LogP contribution in [0.4, 0.5) is 17.1 Å². The summed E-state index contributed by atoms with van der Waals surface area (Å²) in [5.74, 6) is 1.94. The molecule has 3 aliphatic rings. The zero-order chi connectivity index (χ0) is 43.3. The predicted octanol–water partition coefficient (Wildman–Crippen LogP) is 15.0. The van der Waals surface area contributed by atoms with Crippen LogP contribution in [0.15, 0.2) is 218 Å². The lowest BCUT2D eigenvalue weighted by molar-refractivity contribution is 0.660. The van der Waals surface area contributed by atoms with Gasteiger partial charge in [0.1, 0.15) is 0 Å². The van der Waals surface area contributed by atoms with Crippen molar-refractivity contribution < 1.29 is 0 Å². The zero-order valence-corrected chi connectivity index (χ0v) is 36.1. The van der Waals surface area contributed by atoms with E-state index in [0.29, 0.717) is 17.5 Å². The lowest BCUT2D eigenvalue weighted by Crippen LogP contribution is -2.26. The molecule has 4 nitrogen and oxygen atoms in total. The fourth-order valence-corrected chi connectivity index (χ4v) is 11.2. The fraction of sp³-hybridized carbons (Fsp3) is 0.0656. The highest BCUT2D eigenvalue weighted by Gasteiger charge is 2.52. The average molecular weight is 831 g/mol. The third-order valence-electron chi connectivity index (χ3n) is 14.1. The van der Waals surface area contributed by atoms with Gasteiger partial charge in [-0.2, -0.15) is 0 Å². The van der Waals surface area contributed by atoms with Crippen molar-refractivity contribution in [3.63, 3.8) is 0 Å². The number of fused-ring (bicyclic) bond motifs is 13. The van der Waals surface area contributed by atoms with Gasteiger partial charge in [-0.25, -0.2) is 15.0 Å². The maximum atomic E-state index is 5.18. The van der Waals surface area contributed by atoms with Crippen LogP contribution in [0.5, 0.6) is 0 Å². The molecular weight excluding hydrogens is 789 g/mol. The van der Waals surface area contributed by atoms with Crippen LogP contribution in [0.1, 0.15) is 47.2 Å². The lowest BCUT2D eigenvalue weighted by atomic mass is 9.70. The molecular formula is C61H42N4. The fourth-order valence-electron chi connectivity index (χ4n) is 11.2. The smallest absolute Gasteiger partial charge is 0.164 e. The molecule has 0 bridgehead atoms. The minimum atomic E-state index is -0.565. The van der Waals surface area contributed by atoms with E-state index in [2.05, 4.69) is 201 Å². The molecule has 1 heterocycles. The number of hydrogen-bond donors (Lipinski definition) is 0. The van der Waals surface area contributed by atoms with Gasteiger partial charge in [-0.1, -0.05) is 190 Å². The summed E-state index contributed by atoms with van der Waals surface area (Å²) in [7, 11) is 0. The second-order valence-corrected chi connectivity index (χ2v) is 17.9. The van der Waals surface area contributed by atoms with Crippen LogP contribution in [-0.2, 0) is 10.8 Å². The molecule has 306 valence electrons. The van der Waals surface area contributed by atoms with Crippen molar-refractivity contribution in [1.29, 1.82) is 0 Å². The molecule has 1 unspecified atom stereocenters. The Morgan fingerprint density at radius 1 is 0.292 bits per heavy atom. The Hall–Kier alpha value is -8.21. The normalized spacial score (nSPS) is 15.4. The van der Waals surface area contributed by atoms with E-state index in [-0.39, 0.29) is 5.41 Å². The highest BCUT2D eigenvalue weighted by atomic mass is 15.1. The van der Waals surface area contributed by atoms with Crippen molar-refractivity contribution in [2.75, 3.05) is 4.90 Å². The summed E-state index contributed by atoms with van der Waals surface area (Å²) in [5, 5.41) is 0. The molecule has 13 rings (SSSR count). The van der Waals surface area contributed by atoms with Crippen LogP contribution < -0.4 is 4.90 Å². The Kier molecular flexibility index (Phi) is 8.13. The first-order valence-electron chi connectivity index (χ1n) is 22.4. The van der Waals surface area contributed by atoms with Crippen LogP contribution >= 0.6 is 0 Å². The van der Waals surface area contributed by atoms with E-state index in [1.165, 1.54) is 66.8 Å². The number of anilines is 3. The second-order valence-electron chi connectivity index (χ2n) is 17.9. The Labute approximate surface area is 379 Å². The SMILES string of the molecule is CC1(C)c2ccccc2-c2ccc(N(c3ccccc3)c3ccc4c(c3)-c3ccccc3C43c4ccccc4-c4ccc(-c5nc(-c6ccccc6)nc(-c6ccccc6)n5)cc43)cc21. The molecule has 1 spiro atoms. The Morgan fingerprint density at radius 3 is 1.35 bits per heavy atom. The number of nitrogens with zero attached hydrogens (tertiary/aromatic N) is 4.